The minimum absolute atomic E-state index is 0.0503. The van der Waals surface area contributed by atoms with Crippen molar-refractivity contribution in [2.75, 3.05) is 52.9 Å². The summed E-state index contributed by atoms with van der Waals surface area (Å²) in [4.78, 5) is 0. The molecule has 0 aliphatic carbocycles. The van der Waals surface area contributed by atoms with Gasteiger partial charge in [-0.25, -0.2) is 0 Å². The second-order valence-corrected chi connectivity index (χ2v) is 25.8. The van der Waals surface area contributed by atoms with Crippen molar-refractivity contribution in [3.8, 4) is 0 Å². The Morgan fingerprint density at radius 3 is 0.620 bits per heavy atom. The molecule has 20 heteroatoms. The van der Waals surface area contributed by atoms with Gasteiger partial charge in [-0.15, -0.1) is 0 Å². The first kappa shape index (κ1) is 60.2. The topological polar surface area (TPSA) is 185 Å². The van der Waals surface area contributed by atoms with Crippen molar-refractivity contribution in [2.45, 2.75) is 176 Å². The van der Waals surface area contributed by atoms with Crippen LogP contribution in [0.1, 0.15) is 66.8 Å². The molecule has 20 nitrogen and oxygen atoms in total. The van der Waals surface area contributed by atoms with Crippen LogP contribution >= 0.6 is 0 Å². The Bertz CT molecular complexity index is 3070. The predicted molar refractivity (Wildman–Crippen MR) is 320 cm³/mol. The normalized spacial score (nSPS) is 37.3. The highest BCUT2D eigenvalue weighted by Gasteiger charge is 2.69. The average Bonchev–Trinajstić information content (AvgIpc) is 1.57. The Kier molecular flexibility index (Phi) is 16.7. The summed E-state index contributed by atoms with van der Waals surface area (Å²) in [6.07, 6.45) is -7.34. The zero-order chi connectivity index (χ0) is 61.1. The summed E-state index contributed by atoms with van der Waals surface area (Å²) >= 11 is 0. The number of rotatable bonds is 0. The quantitative estimate of drug-likeness (QED) is 0.143. The molecule has 6 saturated heterocycles. The summed E-state index contributed by atoms with van der Waals surface area (Å²) in [5, 5.41) is 0. The van der Waals surface area contributed by atoms with E-state index in [0.29, 0.717) is 79.3 Å². The molecule has 17 aliphatic heterocycles. The predicted octanol–water partition coefficient (Wildman–Crippen LogP) is 7.88. The maximum atomic E-state index is 7.01. The summed E-state index contributed by atoms with van der Waals surface area (Å²) in [6.45, 7) is 4.50. The second kappa shape index (κ2) is 25.6. The largest absolute Gasteiger partial charge is 0.374 e. The zero-order valence-corrected chi connectivity index (χ0v) is 51.1. The summed E-state index contributed by atoms with van der Waals surface area (Å²) in [5.41, 5.74) is 12.1. The lowest BCUT2D eigenvalue weighted by Gasteiger charge is -2.46. The molecule has 16 atom stereocenters. The Morgan fingerprint density at radius 1 is 0.228 bits per heavy atom. The number of fused-ring (bicyclic) bond motifs is 8. The van der Waals surface area contributed by atoms with Crippen molar-refractivity contribution < 1.29 is 94.7 Å². The molecule has 4 spiro atoms. The van der Waals surface area contributed by atoms with Gasteiger partial charge in [0.2, 0.25) is 23.1 Å². The highest BCUT2D eigenvalue weighted by Crippen LogP contribution is 2.50. The van der Waals surface area contributed by atoms with Crippen molar-refractivity contribution >= 4 is 0 Å². The molecule has 4 unspecified atom stereocenters. The smallest absolute Gasteiger partial charge is 0.222 e. The van der Waals surface area contributed by atoms with E-state index >= 15 is 0 Å². The molecule has 0 N–H and O–H groups in total. The van der Waals surface area contributed by atoms with E-state index in [1.807, 2.05) is 97.1 Å². The first-order chi connectivity index (χ1) is 45.4. The van der Waals surface area contributed by atoms with Gasteiger partial charge in [-0.2, -0.15) is 0 Å². The number of hydrogen-bond donors (Lipinski definition) is 0. The molecule has 92 heavy (non-hydrogen) atoms. The molecule has 484 valence electrons. The average molecular weight is 1260 g/mol. The van der Waals surface area contributed by atoms with E-state index in [4.69, 9.17) is 94.7 Å². The van der Waals surface area contributed by atoms with Crippen molar-refractivity contribution in [3.05, 3.63) is 212 Å². The van der Waals surface area contributed by atoms with E-state index in [2.05, 4.69) is 48.5 Å². The molecule has 0 aromatic heterocycles. The Morgan fingerprint density at radius 2 is 0.424 bits per heavy atom. The van der Waals surface area contributed by atoms with Gasteiger partial charge in [-0.05, 0) is 66.8 Å². The summed E-state index contributed by atoms with van der Waals surface area (Å²) < 4.78 is 136. The Balaban J connectivity index is 0.645. The fourth-order valence-corrected chi connectivity index (χ4v) is 15.0. The minimum Gasteiger partial charge on any atom is -0.374 e. The first-order valence-corrected chi connectivity index (χ1v) is 32.3. The highest BCUT2D eigenvalue weighted by molar-refractivity contribution is 5.31. The van der Waals surface area contributed by atoms with E-state index in [-0.39, 0.29) is 52.9 Å². The molecule has 0 amide bonds. The van der Waals surface area contributed by atoms with E-state index in [1.165, 1.54) is 0 Å². The fraction of sp³-hybridized carbons (Fsp3) is 0.500. The Labute approximate surface area is 533 Å². The van der Waals surface area contributed by atoms with Crippen LogP contribution in [0, 0.1) is 0 Å². The van der Waals surface area contributed by atoms with Crippen LogP contribution in [-0.4, -0.2) is 149 Å². The van der Waals surface area contributed by atoms with Gasteiger partial charge in [-0.3, -0.25) is 0 Å². The third-order valence-electron chi connectivity index (χ3n) is 20.0. The van der Waals surface area contributed by atoms with Crippen molar-refractivity contribution in [1.29, 1.82) is 0 Å². The molecule has 17 heterocycles. The van der Waals surface area contributed by atoms with Gasteiger partial charge in [0.1, 0.15) is 99.7 Å². The molecule has 6 aromatic carbocycles. The molecule has 6 aromatic rings. The van der Waals surface area contributed by atoms with Gasteiger partial charge in [0.15, 0.2) is 0 Å². The SMILES string of the molecule is c1ccc2c(c1)CO[C@@H]1[C@H]3COCc4ccc(cc4)COC[C@H]4OC5(COC6(CO5)O[C@H](COCc5ccc(cc5)COC[C@H]5OC7(COC(CO7)(O3)[C@H]1OC2)[C@H]1OCc2ccccc2CO[C@H]51)[C@H]1OCc2ccccc2CO[C@@H]16)[C@H]1OCc2ccccc2CO[C@H]41. The van der Waals surface area contributed by atoms with Crippen LogP contribution in [0.4, 0.5) is 0 Å². The van der Waals surface area contributed by atoms with Crippen molar-refractivity contribution in [1.82, 2.24) is 0 Å². The molecule has 6 fully saturated rings. The summed E-state index contributed by atoms with van der Waals surface area (Å²) in [7, 11) is 0. The fourth-order valence-electron chi connectivity index (χ4n) is 15.0. The van der Waals surface area contributed by atoms with Gasteiger partial charge < -0.3 is 94.7 Å². The van der Waals surface area contributed by atoms with E-state index in [1.54, 1.807) is 0 Å². The molecule has 0 saturated carbocycles. The lowest BCUT2D eigenvalue weighted by atomic mass is 9.99. The molecule has 12 bridgehead atoms. The molecule has 0 radical (unpaired) electrons. The third kappa shape index (κ3) is 11.5. The van der Waals surface area contributed by atoms with Crippen LogP contribution in [0.3, 0.4) is 0 Å². The Hall–Kier alpha value is -5.48. The lowest BCUT2D eigenvalue weighted by Crippen LogP contribution is -2.63. The first-order valence-electron chi connectivity index (χ1n) is 32.3. The van der Waals surface area contributed by atoms with E-state index in [9.17, 15) is 0 Å². The monoisotopic (exact) mass is 1260 g/mol. The maximum absolute atomic E-state index is 7.01. The van der Waals surface area contributed by atoms with Crippen LogP contribution < -0.4 is 0 Å². The van der Waals surface area contributed by atoms with Gasteiger partial charge in [0.05, 0.1) is 106 Å². The number of benzene rings is 6. The van der Waals surface area contributed by atoms with Gasteiger partial charge in [-0.1, -0.05) is 146 Å². The molecule has 23 rings (SSSR count). The molecule has 17 aliphatic rings. The lowest BCUT2D eigenvalue weighted by molar-refractivity contribution is -0.407. The standard InChI is InChI=1S/C72H76O20/c1-5-13-53-33-81-65-61(77-29-49(53)9-1)57-37-73-25-45-17-19-46(20-18-45)26-75-39-59-63-67(83-35-55-15-7-3-11-51(55)31-79-63)71(91-59)43-88-72(44-87-71)68-64(80-32-52-12-4-8-16-56(52)36-84-68)60(92-72)40-76-28-48-23-21-47(22-24-48)27-74-38-58-62-66(70(90-58)42-85-69(65,89-57)41-86-70)82-34-54-14-6-2-10-50(54)30-78-62/h1-24,57-68H,25-44H2/t57-,58-,59-,60-,61-,62-,63-,64-,65+,66+,67+,68+,69?,70?,71?,72?/m1/s1. The molecular formula is C72H76O20. The van der Waals surface area contributed by atoms with Gasteiger partial charge in [0.25, 0.3) is 0 Å². The van der Waals surface area contributed by atoms with E-state index < -0.39 is 96.4 Å². The minimum atomic E-state index is -1.38. The maximum Gasteiger partial charge on any atom is 0.222 e. The van der Waals surface area contributed by atoms with Crippen LogP contribution in [-0.2, 0) is 174 Å². The zero-order valence-electron chi connectivity index (χ0n) is 51.1. The number of hydrogen-bond acceptors (Lipinski definition) is 20. The van der Waals surface area contributed by atoms with Crippen LogP contribution in [0.25, 0.3) is 0 Å². The highest BCUT2D eigenvalue weighted by atomic mass is 16.8. The summed E-state index contributed by atoms with van der Waals surface area (Å²) in [5.74, 6) is -5.50. The third-order valence-corrected chi connectivity index (χ3v) is 20.0. The summed E-state index contributed by atoms with van der Waals surface area (Å²) in [6, 6.07) is 48.9. The van der Waals surface area contributed by atoms with Gasteiger partial charge >= 0.3 is 0 Å². The van der Waals surface area contributed by atoms with Gasteiger partial charge in [0, 0.05) is 0 Å². The van der Waals surface area contributed by atoms with Crippen LogP contribution in [0.5, 0.6) is 0 Å². The van der Waals surface area contributed by atoms with Crippen molar-refractivity contribution in [2.24, 2.45) is 0 Å². The van der Waals surface area contributed by atoms with Crippen molar-refractivity contribution in [3.63, 3.8) is 0 Å². The second-order valence-electron chi connectivity index (χ2n) is 25.8. The van der Waals surface area contributed by atoms with Crippen LogP contribution in [0.15, 0.2) is 146 Å². The number of ether oxygens (including phenoxy) is 20. The van der Waals surface area contributed by atoms with E-state index in [0.717, 1.165) is 66.8 Å². The van der Waals surface area contributed by atoms with Crippen LogP contribution in [0.2, 0.25) is 0 Å². The molecular weight excluding hydrogens is 1180 g/mol.